The maximum Gasteiger partial charge on any atom is 0.243 e. The standard InChI is InChI=1S/C26H32N2O3S/c1-19-10-11-21-7-4-5-9-25(21)28(19)26(29)22-14-16-27(17-15-22)32(30,31)24-13-12-20-6-2-3-8-23(20)18-24/h4-5,7,9,12-13,18-19,22H,2-3,6,8,10-11,14-17H2,1H3/t19-/m1/s1. The third-order valence-corrected chi connectivity index (χ3v) is 9.42. The first-order valence-corrected chi connectivity index (χ1v) is 13.4. The first-order valence-electron chi connectivity index (χ1n) is 12.0. The van der Waals surface area contributed by atoms with Gasteiger partial charge in [-0.05, 0) is 93.2 Å². The average Bonchev–Trinajstić information content (AvgIpc) is 2.83. The van der Waals surface area contributed by atoms with Gasteiger partial charge in [0.05, 0.1) is 4.90 Å². The molecule has 1 saturated heterocycles. The molecule has 5 nitrogen and oxygen atoms in total. The lowest BCUT2D eigenvalue weighted by Gasteiger charge is -2.39. The van der Waals surface area contributed by atoms with Gasteiger partial charge in [-0.15, -0.1) is 0 Å². The molecule has 0 unspecified atom stereocenters. The van der Waals surface area contributed by atoms with Gasteiger partial charge in [0.2, 0.25) is 15.9 Å². The summed E-state index contributed by atoms with van der Waals surface area (Å²) in [5, 5.41) is 0. The highest BCUT2D eigenvalue weighted by Crippen LogP contribution is 2.34. The Bertz CT molecular complexity index is 1120. The number of amides is 1. The summed E-state index contributed by atoms with van der Waals surface area (Å²) >= 11 is 0. The molecule has 170 valence electrons. The largest absolute Gasteiger partial charge is 0.309 e. The van der Waals surface area contributed by atoms with Crippen LogP contribution >= 0.6 is 0 Å². The number of benzene rings is 2. The second-order valence-corrected chi connectivity index (χ2v) is 11.5. The quantitative estimate of drug-likeness (QED) is 0.696. The third-order valence-electron chi connectivity index (χ3n) is 7.52. The highest BCUT2D eigenvalue weighted by Gasteiger charge is 2.37. The predicted octanol–water partition coefficient (Wildman–Crippen LogP) is 4.33. The molecule has 0 spiro atoms. The molecule has 2 aromatic rings. The van der Waals surface area contributed by atoms with Gasteiger partial charge in [0.15, 0.2) is 0 Å². The fraction of sp³-hybridized carbons (Fsp3) is 0.500. The Morgan fingerprint density at radius 3 is 2.38 bits per heavy atom. The van der Waals surface area contributed by atoms with Crippen molar-refractivity contribution in [2.45, 2.75) is 69.2 Å². The minimum Gasteiger partial charge on any atom is -0.309 e. The van der Waals surface area contributed by atoms with Crippen LogP contribution in [0.25, 0.3) is 0 Å². The number of anilines is 1. The smallest absolute Gasteiger partial charge is 0.243 e. The van der Waals surface area contributed by atoms with Crippen LogP contribution < -0.4 is 4.90 Å². The van der Waals surface area contributed by atoms with Crippen LogP contribution in [0.5, 0.6) is 0 Å². The molecule has 5 rings (SSSR count). The fourth-order valence-corrected chi connectivity index (χ4v) is 7.10. The van der Waals surface area contributed by atoms with E-state index in [0.29, 0.717) is 30.8 Å². The number of sulfonamides is 1. The molecule has 1 aliphatic carbocycles. The summed E-state index contributed by atoms with van der Waals surface area (Å²) in [7, 11) is -3.52. The first kappa shape index (κ1) is 21.7. The molecule has 1 fully saturated rings. The Hall–Kier alpha value is -2.18. The van der Waals surface area contributed by atoms with Crippen molar-refractivity contribution in [2.24, 2.45) is 5.92 Å². The van der Waals surface area contributed by atoms with Gasteiger partial charge >= 0.3 is 0 Å². The molecular formula is C26H32N2O3S. The second kappa shape index (κ2) is 8.64. The molecule has 0 aromatic heterocycles. The van der Waals surface area contributed by atoms with Crippen LogP contribution in [-0.4, -0.2) is 37.8 Å². The van der Waals surface area contributed by atoms with E-state index >= 15 is 0 Å². The van der Waals surface area contributed by atoms with Crippen LogP contribution in [0.1, 0.15) is 55.7 Å². The Morgan fingerprint density at radius 2 is 1.59 bits per heavy atom. The third kappa shape index (κ3) is 3.88. The van der Waals surface area contributed by atoms with Gasteiger partial charge in [0.1, 0.15) is 0 Å². The highest BCUT2D eigenvalue weighted by molar-refractivity contribution is 7.89. The van der Waals surface area contributed by atoms with Crippen LogP contribution in [0.15, 0.2) is 47.4 Å². The van der Waals surface area contributed by atoms with E-state index in [4.69, 9.17) is 0 Å². The van der Waals surface area contributed by atoms with E-state index in [1.165, 1.54) is 23.1 Å². The van der Waals surface area contributed by atoms with Crippen LogP contribution in [0, 0.1) is 5.92 Å². The zero-order valence-electron chi connectivity index (χ0n) is 18.8. The molecule has 32 heavy (non-hydrogen) atoms. The van der Waals surface area contributed by atoms with Crippen molar-refractivity contribution in [1.29, 1.82) is 0 Å². The van der Waals surface area contributed by atoms with Crippen LogP contribution in [0.4, 0.5) is 5.69 Å². The number of aryl methyl sites for hydroxylation is 3. The van der Waals surface area contributed by atoms with Gasteiger partial charge in [-0.3, -0.25) is 4.79 Å². The summed E-state index contributed by atoms with van der Waals surface area (Å²) in [4.78, 5) is 15.8. The lowest BCUT2D eigenvalue weighted by Crippen LogP contribution is -2.48. The van der Waals surface area contributed by atoms with E-state index in [1.54, 1.807) is 10.4 Å². The number of hydrogen-bond donors (Lipinski definition) is 0. The van der Waals surface area contributed by atoms with Crippen LogP contribution in [0.2, 0.25) is 0 Å². The summed E-state index contributed by atoms with van der Waals surface area (Å²) in [6.07, 6.45) is 7.43. The Morgan fingerprint density at radius 1 is 0.875 bits per heavy atom. The molecule has 0 saturated carbocycles. The van der Waals surface area contributed by atoms with Crippen LogP contribution in [0.3, 0.4) is 0 Å². The number of para-hydroxylation sites is 1. The molecule has 3 aliphatic rings. The number of carbonyl (C=O) groups is 1. The summed E-state index contributed by atoms with van der Waals surface area (Å²) in [5.41, 5.74) is 4.72. The molecule has 1 amide bonds. The highest BCUT2D eigenvalue weighted by atomic mass is 32.2. The molecular weight excluding hydrogens is 420 g/mol. The summed E-state index contributed by atoms with van der Waals surface area (Å²) < 4.78 is 28.2. The van der Waals surface area contributed by atoms with Crippen molar-refractivity contribution >= 4 is 21.6 Å². The predicted molar refractivity (Wildman–Crippen MR) is 126 cm³/mol. The molecule has 2 aromatic carbocycles. The number of nitrogens with zero attached hydrogens (tertiary/aromatic N) is 2. The summed E-state index contributed by atoms with van der Waals surface area (Å²) in [5.74, 6) is 0.0223. The Kier molecular flexibility index (Phi) is 5.84. The van der Waals surface area contributed by atoms with Crippen molar-refractivity contribution in [3.8, 4) is 0 Å². The van der Waals surface area contributed by atoms with Gasteiger partial charge in [-0.25, -0.2) is 8.42 Å². The maximum absolute atomic E-state index is 13.5. The van der Waals surface area contributed by atoms with E-state index in [1.807, 2.05) is 35.2 Å². The van der Waals surface area contributed by atoms with E-state index < -0.39 is 10.0 Å². The van der Waals surface area contributed by atoms with Crippen LogP contribution in [-0.2, 0) is 34.1 Å². The zero-order chi connectivity index (χ0) is 22.3. The van der Waals surface area contributed by atoms with Crippen molar-refractivity contribution in [3.05, 3.63) is 59.2 Å². The normalized spacial score (nSPS) is 22.3. The molecule has 1 atom stereocenters. The van der Waals surface area contributed by atoms with E-state index in [-0.39, 0.29) is 17.9 Å². The topological polar surface area (TPSA) is 57.7 Å². The van der Waals surface area contributed by atoms with E-state index in [9.17, 15) is 13.2 Å². The van der Waals surface area contributed by atoms with Crippen molar-refractivity contribution in [3.63, 3.8) is 0 Å². The summed E-state index contributed by atoms with van der Waals surface area (Å²) in [6.45, 7) is 2.92. The summed E-state index contributed by atoms with van der Waals surface area (Å²) in [6, 6.07) is 14.0. The number of piperidine rings is 1. The monoisotopic (exact) mass is 452 g/mol. The molecule has 6 heteroatoms. The second-order valence-electron chi connectivity index (χ2n) is 9.54. The lowest BCUT2D eigenvalue weighted by atomic mass is 9.91. The number of hydrogen-bond acceptors (Lipinski definition) is 3. The van der Waals surface area contributed by atoms with Gasteiger partial charge < -0.3 is 4.90 Å². The Labute approximate surface area is 191 Å². The Balaban J connectivity index is 1.29. The molecule has 2 heterocycles. The molecule has 0 radical (unpaired) electrons. The lowest BCUT2D eigenvalue weighted by molar-refractivity contribution is -0.124. The van der Waals surface area contributed by atoms with Crippen molar-refractivity contribution in [1.82, 2.24) is 4.31 Å². The van der Waals surface area contributed by atoms with Gasteiger partial charge in [0.25, 0.3) is 0 Å². The molecule has 2 aliphatic heterocycles. The fourth-order valence-electron chi connectivity index (χ4n) is 5.58. The average molecular weight is 453 g/mol. The van der Waals surface area contributed by atoms with Gasteiger partial charge in [-0.2, -0.15) is 4.31 Å². The van der Waals surface area contributed by atoms with E-state index in [2.05, 4.69) is 13.0 Å². The van der Waals surface area contributed by atoms with Crippen molar-refractivity contribution < 1.29 is 13.2 Å². The molecule has 0 N–H and O–H groups in total. The first-order chi connectivity index (χ1) is 15.4. The maximum atomic E-state index is 13.5. The number of fused-ring (bicyclic) bond motifs is 2. The van der Waals surface area contributed by atoms with E-state index in [0.717, 1.165) is 37.8 Å². The molecule has 0 bridgehead atoms. The minimum atomic E-state index is -3.52. The number of rotatable bonds is 3. The van der Waals surface area contributed by atoms with Crippen molar-refractivity contribution in [2.75, 3.05) is 18.0 Å². The SMILES string of the molecule is C[C@@H]1CCc2ccccc2N1C(=O)C1CCN(S(=O)(=O)c2ccc3c(c2)CCCC3)CC1. The van der Waals surface area contributed by atoms with Gasteiger partial charge in [-0.1, -0.05) is 24.3 Å². The van der Waals surface area contributed by atoms with Gasteiger partial charge in [0, 0.05) is 30.7 Å². The minimum absolute atomic E-state index is 0.126. The zero-order valence-corrected chi connectivity index (χ0v) is 19.6. The number of carbonyl (C=O) groups excluding carboxylic acids is 1.